The average Bonchev–Trinajstić information content (AvgIpc) is 3.63. The summed E-state index contributed by atoms with van der Waals surface area (Å²) in [5.74, 6) is -0.0551. The lowest BCUT2D eigenvalue weighted by molar-refractivity contribution is 0.0904. The summed E-state index contributed by atoms with van der Waals surface area (Å²) in [5, 5.41) is 27.5. The summed E-state index contributed by atoms with van der Waals surface area (Å²) in [7, 11) is -2.15. The molecule has 3 aromatic heterocycles. The lowest BCUT2D eigenvalue weighted by Gasteiger charge is -2.39. The third-order valence-electron chi connectivity index (χ3n) is 12.0. The van der Waals surface area contributed by atoms with Gasteiger partial charge in [-0.2, -0.15) is 5.10 Å². The molecular formula is C45H63N7O5Si. The minimum absolute atomic E-state index is 0.0205. The van der Waals surface area contributed by atoms with E-state index in [9.17, 15) is 14.7 Å². The van der Waals surface area contributed by atoms with Gasteiger partial charge in [-0.25, -0.2) is 9.67 Å². The minimum Gasteiger partial charge on any atom is -0.506 e. The van der Waals surface area contributed by atoms with Gasteiger partial charge in [0.2, 0.25) is 5.56 Å². The number of amides is 1. The van der Waals surface area contributed by atoms with Gasteiger partial charge < -0.3 is 35.2 Å². The number of nitrogens with zero attached hydrogens (tertiary/aromatic N) is 3. The average molecular weight is 810 g/mol. The van der Waals surface area contributed by atoms with Crippen LogP contribution in [-0.4, -0.2) is 71.4 Å². The van der Waals surface area contributed by atoms with E-state index >= 15 is 0 Å². The Morgan fingerprint density at radius 1 is 1.03 bits per heavy atom. The van der Waals surface area contributed by atoms with Crippen LogP contribution >= 0.6 is 0 Å². The molecule has 0 aliphatic carbocycles. The fourth-order valence-electron chi connectivity index (χ4n) is 7.47. The summed E-state index contributed by atoms with van der Waals surface area (Å²) >= 11 is 0. The summed E-state index contributed by atoms with van der Waals surface area (Å²) in [6, 6.07) is 15.1. The predicted octanol–water partition coefficient (Wildman–Crippen LogP) is 8.15. The van der Waals surface area contributed by atoms with Gasteiger partial charge in [-0.1, -0.05) is 52.3 Å². The highest BCUT2D eigenvalue weighted by Gasteiger charge is 2.39. The van der Waals surface area contributed by atoms with Gasteiger partial charge in [-0.3, -0.25) is 9.59 Å². The monoisotopic (exact) mass is 809 g/mol. The van der Waals surface area contributed by atoms with Crippen LogP contribution in [0.3, 0.4) is 0 Å². The van der Waals surface area contributed by atoms with E-state index in [-0.39, 0.29) is 28.4 Å². The molecule has 58 heavy (non-hydrogen) atoms. The lowest BCUT2D eigenvalue weighted by Crippen LogP contribution is -2.43. The first-order valence-electron chi connectivity index (χ1n) is 21.1. The molecule has 0 saturated carbocycles. The predicted molar refractivity (Wildman–Crippen MR) is 235 cm³/mol. The van der Waals surface area contributed by atoms with E-state index < -0.39 is 8.32 Å². The Hall–Kier alpha value is -4.56. The van der Waals surface area contributed by atoms with E-state index in [1.807, 2.05) is 29.1 Å². The fraction of sp³-hybridized carbons (Fsp3) is 0.511. The number of phenols is 1. The molecule has 1 amide bonds. The Bertz CT molecular complexity index is 2220. The number of benzene rings is 2. The number of H-pyrrole nitrogens is 1. The number of anilines is 1. The number of rotatable bonds is 18. The highest BCUT2D eigenvalue weighted by molar-refractivity contribution is 6.74. The number of aryl methyl sites for hydroxylation is 3. The van der Waals surface area contributed by atoms with Crippen molar-refractivity contribution in [1.29, 1.82) is 0 Å². The maximum absolute atomic E-state index is 13.4. The molecule has 4 heterocycles. The van der Waals surface area contributed by atoms with E-state index in [1.54, 1.807) is 12.1 Å². The Kier molecular flexibility index (Phi) is 14.1. The fourth-order valence-corrected chi connectivity index (χ4v) is 8.75. The van der Waals surface area contributed by atoms with Crippen molar-refractivity contribution in [2.75, 3.05) is 31.6 Å². The maximum Gasteiger partial charge on any atom is 0.251 e. The van der Waals surface area contributed by atoms with Crippen molar-refractivity contribution >= 4 is 41.8 Å². The van der Waals surface area contributed by atoms with Gasteiger partial charge in [0, 0.05) is 67.2 Å². The zero-order valence-corrected chi connectivity index (χ0v) is 36.5. The number of fused-ring (bicyclic) bond motifs is 2. The topological polar surface area (TPSA) is 155 Å². The van der Waals surface area contributed by atoms with E-state index in [2.05, 4.69) is 85.9 Å². The van der Waals surface area contributed by atoms with Gasteiger partial charge in [-0.05, 0) is 106 Å². The number of phenolic OH excluding ortho intramolecular Hbond substituents is 1. The minimum atomic E-state index is -2.15. The van der Waals surface area contributed by atoms with Gasteiger partial charge in [-0.15, -0.1) is 0 Å². The number of hydrogen-bond donors (Lipinski definition) is 5. The van der Waals surface area contributed by atoms with Crippen LogP contribution in [0.1, 0.15) is 106 Å². The normalized spacial score (nSPS) is 14.6. The number of unbranched alkanes of at least 4 members (excludes halogenated alkanes) is 2. The zero-order chi connectivity index (χ0) is 41.5. The second-order valence-electron chi connectivity index (χ2n) is 17.0. The molecule has 0 bridgehead atoms. The summed E-state index contributed by atoms with van der Waals surface area (Å²) in [5.41, 5.74) is 6.86. The van der Waals surface area contributed by atoms with Crippen molar-refractivity contribution in [3.63, 3.8) is 0 Å². The van der Waals surface area contributed by atoms with E-state index in [1.165, 1.54) is 11.6 Å². The second-order valence-corrected chi connectivity index (χ2v) is 21.8. The summed E-state index contributed by atoms with van der Waals surface area (Å²) in [6.07, 6.45) is 8.32. The summed E-state index contributed by atoms with van der Waals surface area (Å²) in [6.45, 7) is 19.4. The molecule has 1 aliphatic rings. The molecule has 5 N–H and O–H groups in total. The molecule has 0 unspecified atom stereocenters. The Balaban J connectivity index is 1.01. The molecule has 1 atom stereocenters. The molecule has 5 aromatic rings. The van der Waals surface area contributed by atoms with Crippen LogP contribution in [0.25, 0.3) is 21.9 Å². The number of nitrogens with one attached hydrogen (secondary N) is 4. The highest BCUT2D eigenvalue weighted by atomic mass is 28.4. The van der Waals surface area contributed by atoms with Crippen LogP contribution in [0.4, 0.5) is 5.69 Å². The quantitative estimate of drug-likeness (QED) is 0.0436. The maximum atomic E-state index is 13.4. The number of carbonyl (C=O) groups is 1. The number of aromatic amines is 1. The van der Waals surface area contributed by atoms with E-state index in [0.717, 1.165) is 110 Å². The molecule has 0 radical (unpaired) electrons. The number of aromatic nitrogens is 4. The molecule has 1 aliphatic heterocycles. The Morgan fingerprint density at radius 2 is 1.79 bits per heavy atom. The van der Waals surface area contributed by atoms with E-state index in [0.29, 0.717) is 30.2 Å². The molecule has 13 heteroatoms. The number of pyridine rings is 2. The van der Waals surface area contributed by atoms with Crippen molar-refractivity contribution < 1.29 is 19.1 Å². The number of hydrogen-bond acceptors (Lipinski definition) is 9. The zero-order valence-electron chi connectivity index (χ0n) is 35.5. The molecule has 6 rings (SSSR count). The third kappa shape index (κ3) is 10.2. The van der Waals surface area contributed by atoms with Gasteiger partial charge >= 0.3 is 0 Å². The van der Waals surface area contributed by atoms with Crippen LogP contribution < -0.4 is 21.5 Å². The molecule has 12 nitrogen and oxygen atoms in total. The first-order valence-corrected chi connectivity index (χ1v) is 24.0. The van der Waals surface area contributed by atoms with Crippen LogP contribution in [-0.2, 0) is 35.1 Å². The second kappa shape index (κ2) is 19.0. The molecule has 1 fully saturated rings. The number of ether oxygens (including phenoxy) is 1. The Morgan fingerprint density at radius 3 is 2.50 bits per heavy atom. The van der Waals surface area contributed by atoms with Crippen LogP contribution in [0, 0.1) is 0 Å². The van der Waals surface area contributed by atoms with Crippen LogP contribution in [0.2, 0.25) is 18.1 Å². The third-order valence-corrected chi connectivity index (χ3v) is 16.4. The van der Waals surface area contributed by atoms with Gasteiger partial charge in [0.15, 0.2) is 14.0 Å². The first kappa shape index (κ1) is 43.0. The molecule has 312 valence electrons. The van der Waals surface area contributed by atoms with Gasteiger partial charge in [0.1, 0.15) is 5.75 Å². The van der Waals surface area contributed by atoms with Gasteiger partial charge in [0.25, 0.3) is 5.91 Å². The number of aromatic hydroxyl groups is 1. The Labute approximate surface area is 343 Å². The van der Waals surface area contributed by atoms with Crippen molar-refractivity contribution in [2.45, 2.75) is 123 Å². The van der Waals surface area contributed by atoms with Gasteiger partial charge in [0.05, 0.1) is 28.9 Å². The van der Waals surface area contributed by atoms with Crippen molar-refractivity contribution in [2.24, 2.45) is 0 Å². The first-order chi connectivity index (χ1) is 27.8. The standard InChI is InChI=1S/C45H63N7O5Si/c1-8-37-35(41(49-32-22-25-56-26-23-32)36-28-48-52(9-2)43(36)50-37)27-47-44(55)31-16-14-30(15-17-31)13-11-10-12-24-46-29-39(57-58(6,7)45(3,4)5)33-18-20-38(53)42-34(33)19-21-40(54)51-42/h14-21,28,32,39,46,53H,8-13,22-27,29H2,1-7H3,(H,47,55)(H,49,50)(H,51,54)/t39-/m0/s1. The smallest absolute Gasteiger partial charge is 0.251 e. The summed E-state index contributed by atoms with van der Waals surface area (Å²) < 4.78 is 14.5. The highest BCUT2D eigenvalue weighted by Crippen LogP contribution is 2.41. The number of carbonyl (C=O) groups excluding carboxylic acids is 1. The molecular weight excluding hydrogens is 747 g/mol. The van der Waals surface area contributed by atoms with Crippen LogP contribution in [0.15, 0.2) is 59.5 Å². The SMILES string of the molecule is CCc1nc2c(cnn2CC)c(NC2CCOCC2)c1CNC(=O)c1ccc(CCCCCNC[C@H](O[Si](C)(C)C(C)(C)C)c2ccc(O)c3[nH]c(=O)ccc23)cc1. The van der Waals surface area contributed by atoms with Crippen molar-refractivity contribution in [3.05, 3.63) is 93.0 Å². The largest absolute Gasteiger partial charge is 0.506 e. The van der Waals surface area contributed by atoms with E-state index in [4.69, 9.17) is 14.1 Å². The van der Waals surface area contributed by atoms with Crippen molar-refractivity contribution in [3.8, 4) is 5.75 Å². The summed E-state index contributed by atoms with van der Waals surface area (Å²) in [4.78, 5) is 33.3. The molecule has 1 saturated heterocycles. The van der Waals surface area contributed by atoms with Crippen molar-refractivity contribution in [1.82, 2.24) is 30.4 Å². The molecule has 0 spiro atoms. The van der Waals surface area contributed by atoms with Crippen LogP contribution in [0.5, 0.6) is 5.75 Å². The molecule has 2 aromatic carbocycles. The lowest BCUT2D eigenvalue weighted by atomic mass is 10.0.